The molecule has 0 aromatic heterocycles. The van der Waals surface area contributed by atoms with Gasteiger partial charge in [0.25, 0.3) is 0 Å². The Morgan fingerprint density at radius 1 is 0.348 bits per heavy atom. The van der Waals surface area contributed by atoms with Crippen LogP contribution in [-0.4, -0.2) is 47.4 Å². The highest BCUT2D eigenvalue weighted by Crippen LogP contribution is 2.19. The first-order chi connectivity index (χ1) is 34.0. The highest BCUT2D eigenvalue weighted by Gasteiger charge is 2.20. The number of unbranched alkanes of at least 4 members (excludes halogenated alkanes) is 49. The summed E-state index contributed by atoms with van der Waals surface area (Å²) >= 11 is 0. The zero-order valence-corrected chi connectivity index (χ0v) is 47.1. The Morgan fingerprint density at radius 3 is 0.884 bits per heavy atom. The molecular weight excluding hydrogens is 851 g/mol. The van der Waals surface area contributed by atoms with E-state index in [2.05, 4.69) is 19.2 Å². The van der Waals surface area contributed by atoms with Crippen molar-refractivity contribution in [3.8, 4) is 0 Å². The number of esters is 1. The van der Waals surface area contributed by atoms with Gasteiger partial charge in [0, 0.05) is 12.8 Å². The standard InChI is InChI=1S/C63H125NO5/c1-3-5-7-9-11-13-15-17-18-19-27-30-33-37-41-45-49-53-57-63(68)69-58-54-50-46-42-38-34-31-28-25-23-21-20-22-24-26-29-32-36-40-44-48-52-56-62(67)64-60(59-65)61(66)55-51-47-43-39-35-16-14-12-10-8-6-4-2/h60-61,65-66H,3-59H2,1-2H3,(H,64,67). The molecule has 0 aliphatic carbocycles. The van der Waals surface area contributed by atoms with Crippen LogP contribution in [0.25, 0.3) is 0 Å². The molecule has 0 bridgehead atoms. The van der Waals surface area contributed by atoms with Crippen LogP contribution in [0.1, 0.15) is 367 Å². The number of carbonyl (C=O) groups excluding carboxylic acids is 2. The highest BCUT2D eigenvalue weighted by molar-refractivity contribution is 5.76. The van der Waals surface area contributed by atoms with Gasteiger partial charge in [0.1, 0.15) is 0 Å². The molecule has 0 heterocycles. The van der Waals surface area contributed by atoms with Gasteiger partial charge >= 0.3 is 5.97 Å². The van der Waals surface area contributed by atoms with Crippen molar-refractivity contribution < 1.29 is 24.5 Å². The Balaban J connectivity index is 3.33. The van der Waals surface area contributed by atoms with Gasteiger partial charge in [-0.2, -0.15) is 0 Å². The third-order valence-electron chi connectivity index (χ3n) is 15.2. The van der Waals surface area contributed by atoms with Crippen molar-refractivity contribution in [2.24, 2.45) is 0 Å². The maximum Gasteiger partial charge on any atom is 0.305 e. The van der Waals surface area contributed by atoms with Gasteiger partial charge < -0.3 is 20.3 Å². The predicted octanol–water partition coefficient (Wildman–Crippen LogP) is 19.9. The third kappa shape index (κ3) is 56.0. The van der Waals surface area contributed by atoms with Crippen LogP contribution in [0.3, 0.4) is 0 Å². The van der Waals surface area contributed by atoms with Crippen LogP contribution in [-0.2, 0) is 14.3 Å². The van der Waals surface area contributed by atoms with E-state index in [-0.39, 0.29) is 18.5 Å². The Kier molecular flexibility index (Phi) is 58.4. The number of ether oxygens (including phenoxy) is 1. The second kappa shape index (κ2) is 59.4. The molecule has 0 aliphatic heterocycles. The highest BCUT2D eigenvalue weighted by atomic mass is 16.5. The number of hydrogen-bond donors (Lipinski definition) is 3. The van der Waals surface area contributed by atoms with E-state index in [1.807, 2.05) is 0 Å². The zero-order chi connectivity index (χ0) is 50.0. The summed E-state index contributed by atoms with van der Waals surface area (Å²) in [5.41, 5.74) is 0. The Labute approximate surface area is 432 Å². The molecule has 2 atom stereocenters. The average molecular weight is 977 g/mol. The minimum absolute atomic E-state index is 0.0187. The molecule has 0 rings (SSSR count). The van der Waals surface area contributed by atoms with Crippen molar-refractivity contribution in [2.75, 3.05) is 13.2 Å². The van der Waals surface area contributed by atoms with E-state index >= 15 is 0 Å². The van der Waals surface area contributed by atoms with Gasteiger partial charge in [0.05, 0.1) is 25.4 Å². The van der Waals surface area contributed by atoms with Crippen molar-refractivity contribution in [1.82, 2.24) is 5.32 Å². The number of nitrogens with one attached hydrogen (secondary N) is 1. The van der Waals surface area contributed by atoms with Crippen molar-refractivity contribution >= 4 is 11.9 Å². The fourth-order valence-corrected chi connectivity index (χ4v) is 10.3. The summed E-state index contributed by atoms with van der Waals surface area (Å²) in [5.74, 6) is -0.0146. The summed E-state index contributed by atoms with van der Waals surface area (Å²) in [6.07, 6.45) is 69.8. The Morgan fingerprint density at radius 2 is 0.594 bits per heavy atom. The number of aliphatic hydroxyl groups is 2. The molecule has 0 saturated heterocycles. The first-order valence-electron chi connectivity index (χ1n) is 31.8. The first kappa shape index (κ1) is 67.9. The molecule has 0 aliphatic rings. The van der Waals surface area contributed by atoms with Gasteiger partial charge in [0.15, 0.2) is 0 Å². The Bertz CT molecular complexity index is 990. The zero-order valence-electron chi connectivity index (χ0n) is 47.1. The molecule has 0 radical (unpaired) electrons. The molecule has 0 aromatic carbocycles. The van der Waals surface area contributed by atoms with Gasteiger partial charge in [-0.15, -0.1) is 0 Å². The van der Waals surface area contributed by atoms with E-state index < -0.39 is 12.1 Å². The number of amides is 1. The predicted molar refractivity (Wildman–Crippen MR) is 301 cm³/mol. The van der Waals surface area contributed by atoms with Crippen LogP contribution in [0.4, 0.5) is 0 Å². The normalized spacial score (nSPS) is 12.5. The van der Waals surface area contributed by atoms with Crippen molar-refractivity contribution in [1.29, 1.82) is 0 Å². The molecular formula is C63H125NO5. The van der Waals surface area contributed by atoms with Crippen molar-refractivity contribution in [3.63, 3.8) is 0 Å². The molecule has 69 heavy (non-hydrogen) atoms. The molecule has 1 amide bonds. The fraction of sp³-hybridized carbons (Fsp3) is 0.968. The lowest BCUT2D eigenvalue weighted by Gasteiger charge is -2.22. The van der Waals surface area contributed by atoms with E-state index in [1.54, 1.807) is 0 Å². The summed E-state index contributed by atoms with van der Waals surface area (Å²) in [6.45, 7) is 4.98. The lowest BCUT2D eigenvalue weighted by Crippen LogP contribution is -2.45. The molecule has 0 spiro atoms. The number of aliphatic hydroxyl groups excluding tert-OH is 2. The summed E-state index contributed by atoms with van der Waals surface area (Å²) in [6, 6.07) is -0.539. The first-order valence-corrected chi connectivity index (χ1v) is 31.8. The molecule has 3 N–H and O–H groups in total. The molecule has 0 fully saturated rings. The molecule has 6 heteroatoms. The average Bonchev–Trinajstić information content (AvgIpc) is 3.35. The van der Waals surface area contributed by atoms with Gasteiger partial charge in [-0.05, 0) is 25.7 Å². The van der Waals surface area contributed by atoms with Crippen LogP contribution < -0.4 is 5.32 Å². The summed E-state index contributed by atoms with van der Waals surface area (Å²) in [7, 11) is 0. The van der Waals surface area contributed by atoms with Crippen LogP contribution in [0.5, 0.6) is 0 Å². The largest absolute Gasteiger partial charge is 0.466 e. The summed E-state index contributed by atoms with van der Waals surface area (Å²) < 4.78 is 5.50. The van der Waals surface area contributed by atoms with Crippen molar-refractivity contribution in [2.45, 2.75) is 379 Å². The van der Waals surface area contributed by atoms with Gasteiger partial charge in [-0.3, -0.25) is 9.59 Å². The number of carbonyl (C=O) groups is 2. The smallest absolute Gasteiger partial charge is 0.305 e. The summed E-state index contributed by atoms with van der Waals surface area (Å²) in [4.78, 5) is 24.6. The third-order valence-corrected chi connectivity index (χ3v) is 15.2. The molecule has 0 aromatic rings. The minimum atomic E-state index is -0.662. The van der Waals surface area contributed by atoms with E-state index in [1.165, 1.54) is 295 Å². The maximum atomic E-state index is 12.5. The second-order valence-electron chi connectivity index (χ2n) is 22.1. The number of rotatable bonds is 60. The molecule has 412 valence electrons. The molecule has 6 nitrogen and oxygen atoms in total. The van der Waals surface area contributed by atoms with E-state index in [0.29, 0.717) is 25.9 Å². The Hall–Kier alpha value is -1.14. The number of hydrogen-bond acceptors (Lipinski definition) is 5. The van der Waals surface area contributed by atoms with Crippen molar-refractivity contribution in [3.05, 3.63) is 0 Å². The SMILES string of the molecule is CCCCCCCCCCCCCCCCCCCCC(=O)OCCCCCCCCCCCCCCCCCCCCCCCCC(=O)NC(CO)C(O)CCCCCCCCCCCCCC. The fourth-order valence-electron chi connectivity index (χ4n) is 10.3. The van der Waals surface area contributed by atoms with Gasteiger partial charge in [-0.1, -0.05) is 328 Å². The lowest BCUT2D eigenvalue weighted by molar-refractivity contribution is -0.143. The molecule has 0 saturated carbocycles. The van der Waals surface area contributed by atoms with Gasteiger partial charge in [-0.25, -0.2) is 0 Å². The minimum Gasteiger partial charge on any atom is -0.466 e. The second-order valence-corrected chi connectivity index (χ2v) is 22.1. The maximum absolute atomic E-state index is 12.5. The van der Waals surface area contributed by atoms with E-state index in [9.17, 15) is 19.8 Å². The van der Waals surface area contributed by atoms with Crippen LogP contribution >= 0.6 is 0 Å². The lowest BCUT2D eigenvalue weighted by atomic mass is 10.0. The van der Waals surface area contributed by atoms with Gasteiger partial charge in [0.2, 0.25) is 5.91 Å². The quantitative estimate of drug-likeness (QED) is 0.0417. The topological polar surface area (TPSA) is 95.9 Å². The van der Waals surface area contributed by atoms with Crippen LogP contribution in [0.15, 0.2) is 0 Å². The van der Waals surface area contributed by atoms with E-state index in [0.717, 1.165) is 38.5 Å². The monoisotopic (exact) mass is 976 g/mol. The van der Waals surface area contributed by atoms with Crippen LogP contribution in [0, 0.1) is 0 Å². The molecule has 2 unspecified atom stereocenters. The summed E-state index contributed by atoms with van der Waals surface area (Å²) in [5, 5.41) is 23.2. The van der Waals surface area contributed by atoms with E-state index in [4.69, 9.17) is 4.74 Å². The van der Waals surface area contributed by atoms with Crippen LogP contribution in [0.2, 0.25) is 0 Å².